The monoisotopic (exact) mass is 342 g/mol. The Morgan fingerprint density at radius 1 is 1.08 bits per heavy atom. The van der Waals surface area contributed by atoms with Crippen LogP contribution in [0.15, 0.2) is 48.5 Å². The summed E-state index contributed by atoms with van der Waals surface area (Å²) in [6.45, 7) is 0.356. The average Bonchev–Trinajstić information content (AvgIpc) is 2.65. The van der Waals surface area contributed by atoms with E-state index in [2.05, 4.69) is 5.32 Å². The van der Waals surface area contributed by atoms with Crippen molar-refractivity contribution in [1.29, 1.82) is 0 Å². The molecular formula is C19H22N2O4. The summed E-state index contributed by atoms with van der Waals surface area (Å²) in [5, 5.41) is 2.55. The zero-order chi connectivity index (χ0) is 18.2. The zero-order valence-corrected chi connectivity index (χ0v) is 14.6. The van der Waals surface area contributed by atoms with Crippen LogP contribution in [0.1, 0.15) is 15.9 Å². The molecule has 6 nitrogen and oxygen atoms in total. The van der Waals surface area contributed by atoms with Crippen molar-refractivity contribution >= 4 is 11.8 Å². The molecule has 2 amide bonds. The van der Waals surface area contributed by atoms with Crippen LogP contribution >= 0.6 is 0 Å². The fourth-order valence-electron chi connectivity index (χ4n) is 2.26. The fraction of sp³-hybridized carbons (Fsp3) is 0.263. The van der Waals surface area contributed by atoms with Crippen LogP contribution in [-0.2, 0) is 11.3 Å². The van der Waals surface area contributed by atoms with E-state index >= 15 is 0 Å². The minimum absolute atomic E-state index is 0.0995. The van der Waals surface area contributed by atoms with Crippen LogP contribution in [0, 0.1) is 0 Å². The van der Waals surface area contributed by atoms with Gasteiger partial charge in [0.05, 0.1) is 7.11 Å². The molecule has 0 spiro atoms. The van der Waals surface area contributed by atoms with E-state index in [0.29, 0.717) is 17.9 Å². The normalized spacial score (nSPS) is 10.0. The molecular weight excluding hydrogens is 320 g/mol. The number of nitrogens with one attached hydrogen (secondary N) is 1. The number of carbonyl (C=O) groups is 2. The van der Waals surface area contributed by atoms with E-state index in [9.17, 15) is 9.59 Å². The summed E-state index contributed by atoms with van der Waals surface area (Å²) in [6, 6.07) is 14.3. The first-order valence-corrected chi connectivity index (χ1v) is 7.85. The highest BCUT2D eigenvalue weighted by atomic mass is 16.5. The minimum Gasteiger partial charge on any atom is -0.497 e. The van der Waals surface area contributed by atoms with Gasteiger partial charge in [-0.15, -0.1) is 0 Å². The number of amides is 2. The van der Waals surface area contributed by atoms with Gasteiger partial charge in [-0.25, -0.2) is 0 Å². The molecule has 0 aliphatic rings. The molecule has 2 aromatic rings. The SMILES string of the molecule is CNC(=O)c1cccc(OCC(=O)N(C)Cc2cccc(OC)c2)c1. The first-order chi connectivity index (χ1) is 12.0. The van der Waals surface area contributed by atoms with Crippen LogP contribution in [-0.4, -0.2) is 44.5 Å². The van der Waals surface area contributed by atoms with E-state index in [1.165, 1.54) is 0 Å². The molecule has 0 aromatic heterocycles. The molecule has 2 rings (SSSR count). The number of carbonyl (C=O) groups excluding carboxylic acids is 2. The Hall–Kier alpha value is -3.02. The lowest BCUT2D eigenvalue weighted by molar-refractivity contribution is -0.132. The largest absolute Gasteiger partial charge is 0.497 e. The lowest BCUT2D eigenvalue weighted by Gasteiger charge is -2.18. The van der Waals surface area contributed by atoms with E-state index < -0.39 is 0 Å². The summed E-state index contributed by atoms with van der Waals surface area (Å²) in [4.78, 5) is 25.4. The molecule has 0 unspecified atom stereocenters. The summed E-state index contributed by atoms with van der Waals surface area (Å²) in [5.74, 6) is 0.866. The third kappa shape index (κ3) is 5.24. The smallest absolute Gasteiger partial charge is 0.260 e. The molecule has 0 aliphatic heterocycles. The van der Waals surface area contributed by atoms with E-state index in [-0.39, 0.29) is 18.4 Å². The molecule has 0 aliphatic carbocycles. The van der Waals surface area contributed by atoms with Crippen LogP contribution in [0.4, 0.5) is 0 Å². The molecule has 0 radical (unpaired) electrons. The molecule has 1 N–H and O–H groups in total. The number of hydrogen-bond acceptors (Lipinski definition) is 4. The first kappa shape index (κ1) is 18.3. The second kappa shape index (κ2) is 8.73. The maximum Gasteiger partial charge on any atom is 0.260 e. The molecule has 2 aromatic carbocycles. The van der Waals surface area contributed by atoms with Crippen molar-refractivity contribution in [3.05, 3.63) is 59.7 Å². The van der Waals surface area contributed by atoms with Crippen LogP contribution in [0.5, 0.6) is 11.5 Å². The van der Waals surface area contributed by atoms with Crippen molar-refractivity contribution in [3.8, 4) is 11.5 Å². The van der Waals surface area contributed by atoms with Crippen molar-refractivity contribution < 1.29 is 19.1 Å². The van der Waals surface area contributed by atoms with E-state index in [1.807, 2.05) is 24.3 Å². The Morgan fingerprint density at radius 3 is 2.52 bits per heavy atom. The van der Waals surface area contributed by atoms with Gasteiger partial charge in [-0.3, -0.25) is 9.59 Å². The number of methoxy groups -OCH3 is 1. The highest BCUT2D eigenvalue weighted by Gasteiger charge is 2.11. The Bertz CT molecular complexity index is 746. The van der Waals surface area contributed by atoms with Crippen LogP contribution in [0.3, 0.4) is 0 Å². The lowest BCUT2D eigenvalue weighted by Crippen LogP contribution is -2.31. The fourth-order valence-corrected chi connectivity index (χ4v) is 2.26. The van der Waals surface area contributed by atoms with Crippen molar-refractivity contribution in [2.45, 2.75) is 6.54 Å². The Kier molecular flexibility index (Phi) is 6.39. The van der Waals surface area contributed by atoms with Crippen molar-refractivity contribution in [2.75, 3.05) is 27.8 Å². The number of rotatable bonds is 7. The second-order valence-corrected chi connectivity index (χ2v) is 5.50. The van der Waals surface area contributed by atoms with Gasteiger partial charge in [0, 0.05) is 26.2 Å². The van der Waals surface area contributed by atoms with Gasteiger partial charge in [0.15, 0.2) is 6.61 Å². The van der Waals surface area contributed by atoms with Crippen LogP contribution in [0.2, 0.25) is 0 Å². The molecule has 0 atom stereocenters. The van der Waals surface area contributed by atoms with Gasteiger partial charge in [-0.2, -0.15) is 0 Å². The van der Waals surface area contributed by atoms with Gasteiger partial charge >= 0.3 is 0 Å². The molecule has 0 heterocycles. The Morgan fingerprint density at radius 2 is 1.80 bits per heavy atom. The highest BCUT2D eigenvalue weighted by molar-refractivity contribution is 5.94. The third-order valence-corrected chi connectivity index (χ3v) is 3.67. The predicted octanol–water partition coefficient (Wildman–Crippen LogP) is 2.09. The molecule has 132 valence electrons. The molecule has 0 saturated heterocycles. The Balaban J connectivity index is 1.92. The minimum atomic E-state index is -0.202. The highest BCUT2D eigenvalue weighted by Crippen LogP contribution is 2.15. The molecule has 25 heavy (non-hydrogen) atoms. The van der Waals surface area contributed by atoms with Crippen LogP contribution in [0.25, 0.3) is 0 Å². The van der Waals surface area contributed by atoms with E-state index in [1.54, 1.807) is 50.4 Å². The van der Waals surface area contributed by atoms with Gasteiger partial charge < -0.3 is 19.7 Å². The van der Waals surface area contributed by atoms with Gasteiger partial charge in [0.2, 0.25) is 0 Å². The maximum absolute atomic E-state index is 12.2. The topological polar surface area (TPSA) is 67.9 Å². The maximum atomic E-state index is 12.2. The van der Waals surface area contributed by atoms with Gasteiger partial charge in [-0.05, 0) is 35.9 Å². The summed E-state index contributed by atoms with van der Waals surface area (Å²) < 4.78 is 10.7. The number of nitrogens with zero attached hydrogens (tertiary/aromatic N) is 1. The van der Waals surface area contributed by atoms with Crippen LogP contribution < -0.4 is 14.8 Å². The van der Waals surface area contributed by atoms with E-state index in [0.717, 1.165) is 11.3 Å². The molecule has 0 fully saturated rings. The average molecular weight is 342 g/mol. The molecule has 0 saturated carbocycles. The van der Waals surface area contributed by atoms with Gasteiger partial charge in [0.1, 0.15) is 11.5 Å². The summed E-state index contributed by atoms with van der Waals surface area (Å²) in [7, 11) is 4.88. The summed E-state index contributed by atoms with van der Waals surface area (Å²) in [5.41, 5.74) is 1.45. The summed E-state index contributed by atoms with van der Waals surface area (Å²) in [6.07, 6.45) is 0. The standard InChI is InChI=1S/C19H22N2O4/c1-20-19(23)15-7-5-9-17(11-15)25-13-18(22)21(2)12-14-6-4-8-16(10-14)24-3/h4-11H,12-13H2,1-3H3,(H,20,23). The predicted molar refractivity (Wildman–Crippen MR) is 94.8 cm³/mol. The number of benzene rings is 2. The molecule has 0 bridgehead atoms. The van der Waals surface area contributed by atoms with Crippen molar-refractivity contribution in [3.63, 3.8) is 0 Å². The van der Waals surface area contributed by atoms with Crippen molar-refractivity contribution in [1.82, 2.24) is 10.2 Å². The number of ether oxygens (including phenoxy) is 2. The van der Waals surface area contributed by atoms with Gasteiger partial charge in [0.25, 0.3) is 11.8 Å². The third-order valence-electron chi connectivity index (χ3n) is 3.67. The Labute approximate surface area is 147 Å². The number of hydrogen-bond donors (Lipinski definition) is 1. The van der Waals surface area contributed by atoms with E-state index in [4.69, 9.17) is 9.47 Å². The molecule has 6 heteroatoms. The van der Waals surface area contributed by atoms with Gasteiger partial charge in [-0.1, -0.05) is 18.2 Å². The number of likely N-dealkylation sites (N-methyl/N-ethyl adjacent to an activating group) is 1. The lowest BCUT2D eigenvalue weighted by atomic mass is 10.2. The summed E-state index contributed by atoms with van der Waals surface area (Å²) >= 11 is 0. The second-order valence-electron chi connectivity index (χ2n) is 5.50. The zero-order valence-electron chi connectivity index (χ0n) is 14.6. The quantitative estimate of drug-likeness (QED) is 0.837. The first-order valence-electron chi connectivity index (χ1n) is 7.85. The van der Waals surface area contributed by atoms with Crippen molar-refractivity contribution in [2.24, 2.45) is 0 Å².